The molecule has 0 aliphatic carbocycles. The second kappa shape index (κ2) is 6.28. The number of hydrogen-bond acceptors (Lipinski definition) is 2. The van der Waals surface area contributed by atoms with Gasteiger partial charge in [-0.1, -0.05) is 25.1 Å². The summed E-state index contributed by atoms with van der Waals surface area (Å²) in [7, 11) is 1.91. The van der Waals surface area contributed by atoms with Crippen LogP contribution in [0.3, 0.4) is 0 Å². The number of carbonyl (C=O) groups is 1. The molecule has 0 bridgehead atoms. The third-order valence-corrected chi connectivity index (χ3v) is 2.62. The summed E-state index contributed by atoms with van der Waals surface area (Å²) in [6.07, 6.45) is 0.533. The zero-order valence-corrected chi connectivity index (χ0v) is 10.2. The Balaban J connectivity index is 2.84. The van der Waals surface area contributed by atoms with E-state index in [0.29, 0.717) is 13.0 Å². The Kier molecular flexibility index (Phi) is 4.99. The zero-order valence-electron chi connectivity index (χ0n) is 10.2. The molecule has 16 heavy (non-hydrogen) atoms. The lowest BCUT2D eigenvalue weighted by Gasteiger charge is -2.25. The minimum atomic E-state index is 0.160. The maximum absolute atomic E-state index is 11.9. The second-order valence-corrected chi connectivity index (χ2v) is 3.88. The molecule has 0 heterocycles. The van der Waals surface area contributed by atoms with Crippen molar-refractivity contribution in [3.63, 3.8) is 0 Å². The van der Waals surface area contributed by atoms with E-state index in [2.05, 4.69) is 12.2 Å². The molecule has 3 nitrogen and oxygen atoms in total. The first kappa shape index (κ1) is 12.7. The Morgan fingerprint density at radius 2 is 2.00 bits per heavy atom. The summed E-state index contributed by atoms with van der Waals surface area (Å²) in [5.74, 6) is 0.160. The van der Waals surface area contributed by atoms with Crippen LogP contribution in [0.25, 0.3) is 0 Å². The molecule has 1 unspecified atom stereocenters. The number of benzene rings is 1. The van der Waals surface area contributed by atoms with Gasteiger partial charge in [-0.05, 0) is 26.1 Å². The van der Waals surface area contributed by atoms with Crippen LogP contribution in [-0.2, 0) is 4.79 Å². The van der Waals surface area contributed by atoms with Crippen molar-refractivity contribution in [1.82, 2.24) is 5.32 Å². The molecule has 0 aromatic heterocycles. The summed E-state index contributed by atoms with van der Waals surface area (Å²) in [6.45, 7) is 4.66. The average molecular weight is 220 g/mol. The predicted octanol–water partition coefficient (Wildman–Crippen LogP) is 2.04. The Hall–Kier alpha value is -1.35. The number of likely N-dealkylation sites (N-methyl/N-ethyl adjacent to an activating group) is 1. The zero-order chi connectivity index (χ0) is 12.0. The van der Waals surface area contributed by atoms with Crippen LogP contribution in [0.15, 0.2) is 30.3 Å². The minimum Gasteiger partial charge on any atom is -0.315 e. The molecule has 0 saturated carbocycles. The van der Waals surface area contributed by atoms with Crippen molar-refractivity contribution in [2.45, 2.75) is 26.3 Å². The van der Waals surface area contributed by atoms with Crippen molar-refractivity contribution in [2.24, 2.45) is 0 Å². The van der Waals surface area contributed by atoms with E-state index >= 15 is 0 Å². The molecule has 1 amide bonds. The van der Waals surface area contributed by atoms with Crippen LogP contribution in [0, 0.1) is 0 Å². The van der Waals surface area contributed by atoms with Gasteiger partial charge in [0.25, 0.3) is 0 Å². The number of rotatable bonds is 5. The molecule has 0 radical (unpaired) electrons. The first-order valence-electron chi connectivity index (χ1n) is 5.71. The van der Waals surface area contributed by atoms with Crippen LogP contribution in [0.5, 0.6) is 0 Å². The molecule has 3 heteroatoms. The van der Waals surface area contributed by atoms with E-state index in [9.17, 15) is 4.79 Å². The Morgan fingerprint density at radius 3 is 2.50 bits per heavy atom. The van der Waals surface area contributed by atoms with Gasteiger partial charge in [-0.3, -0.25) is 4.79 Å². The first-order valence-corrected chi connectivity index (χ1v) is 5.71. The molecular formula is C13H20N2O. The van der Waals surface area contributed by atoms with E-state index in [-0.39, 0.29) is 11.9 Å². The van der Waals surface area contributed by atoms with Crippen molar-refractivity contribution < 1.29 is 4.79 Å². The van der Waals surface area contributed by atoms with Gasteiger partial charge >= 0.3 is 0 Å². The minimum absolute atomic E-state index is 0.160. The van der Waals surface area contributed by atoms with E-state index in [1.165, 1.54) is 0 Å². The molecule has 0 aliphatic rings. The van der Waals surface area contributed by atoms with Crippen molar-refractivity contribution in [3.05, 3.63) is 30.3 Å². The second-order valence-electron chi connectivity index (χ2n) is 3.88. The number of carbonyl (C=O) groups excluding carboxylic acids is 1. The third kappa shape index (κ3) is 3.35. The average Bonchev–Trinajstić information content (AvgIpc) is 2.35. The normalized spacial score (nSPS) is 12.2. The number of para-hydroxylation sites is 1. The Bertz CT molecular complexity index is 324. The lowest BCUT2D eigenvalue weighted by molar-refractivity contribution is -0.118. The lowest BCUT2D eigenvalue weighted by atomic mass is 10.2. The van der Waals surface area contributed by atoms with Crippen LogP contribution < -0.4 is 10.2 Å². The van der Waals surface area contributed by atoms with Gasteiger partial charge in [-0.2, -0.15) is 0 Å². The molecule has 0 saturated heterocycles. The van der Waals surface area contributed by atoms with Gasteiger partial charge in [-0.25, -0.2) is 0 Å². The van der Waals surface area contributed by atoms with Gasteiger partial charge in [0, 0.05) is 24.7 Å². The van der Waals surface area contributed by atoms with Gasteiger partial charge in [0.1, 0.15) is 0 Å². The molecule has 1 atom stereocenters. The van der Waals surface area contributed by atoms with E-state index in [0.717, 1.165) is 5.69 Å². The molecule has 1 N–H and O–H groups in total. The summed E-state index contributed by atoms with van der Waals surface area (Å²) < 4.78 is 0. The first-order chi connectivity index (χ1) is 7.69. The number of hydrogen-bond donors (Lipinski definition) is 1. The van der Waals surface area contributed by atoms with E-state index in [1.807, 2.05) is 49.2 Å². The van der Waals surface area contributed by atoms with E-state index < -0.39 is 0 Å². The van der Waals surface area contributed by atoms with Crippen LogP contribution >= 0.6 is 0 Å². The van der Waals surface area contributed by atoms with Gasteiger partial charge in [0.05, 0.1) is 0 Å². The molecule has 1 aromatic carbocycles. The summed E-state index contributed by atoms with van der Waals surface area (Å²) in [5.41, 5.74) is 0.969. The fraction of sp³-hybridized carbons (Fsp3) is 0.462. The third-order valence-electron chi connectivity index (χ3n) is 2.62. The summed E-state index contributed by atoms with van der Waals surface area (Å²) in [4.78, 5) is 13.7. The van der Waals surface area contributed by atoms with Gasteiger partial charge in [-0.15, -0.1) is 0 Å². The lowest BCUT2D eigenvalue weighted by Crippen LogP contribution is -2.41. The molecule has 0 spiro atoms. The summed E-state index contributed by atoms with van der Waals surface area (Å²) in [6, 6.07) is 10.1. The summed E-state index contributed by atoms with van der Waals surface area (Å²) >= 11 is 0. The summed E-state index contributed by atoms with van der Waals surface area (Å²) in [5, 5.41) is 3.15. The fourth-order valence-corrected chi connectivity index (χ4v) is 1.52. The predicted molar refractivity (Wildman–Crippen MR) is 67.6 cm³/mol. The van der Waals surface area contributed by atoms with Crippen molar-refractivity contribution in [1.29, 1.82) is 0 Å². The van der Waals surface area contributed by atoms with Crippen LogP contribution in [0.2, 0.25) is 0 Å². The van der Waals surface area contributed by atoms with E-state index in [1.54, 1.807) is 0 Å². The van der Waals surface area contributed by atoms with Crippen LogP contribution in [0.1, 0.15) is 20.3 Å². The molecule has 0 fully saturated rings. The molecular weight excluding hydrogens is 200 g/mol. The highest BCUT2D eigenvalue weighted by molar-refractivity contribution is 5.93. The van der Waals surface area contributed by atoms with Gasteiger partial charge in [0.15, 0.2) is 0 Å². The van der Waals surface area contributed by atoms with Crippen molar-refractivity contribution >= 4 is 11.6 Å². The number of nitrogens with zero attached hydrogens (tertiary/aromatic N) is 1. The molecule has 0 aliphatic heterocycles. The van der Waals surface area contributed by atoms with Crippen LogP contribution in [0.4, 0.5) is 5.69 Å². The smallest absolute Gasteiger partial charge is 0.226 e. The Morgan fingerprint density at radius 1 is 1.38 bits per heavy atom. The standard InChI is InChI=1S/C13H20N2O/c1-4-13(16)15(10-11(2)14-3)12-8-6-5-7-9-12/h5-9,11,14H,4,10H2,1-3H3. The van der Waals surface area contributed by atoms with Crippen molar-refractivity contribution in [2.75, 3.05) is 18.5 Å². The van der Waals surface area contributed by atoms with Crippen LogP contribution in [-0.4, -0.2) is 25.5 Å². The largest absolute Gasteiger partial charge is 0.315 e. The number of amides is 1. The molecule has 1 aromatic rings. The number of nitrogens with one attached hydrogen (secondary N) is 1. The highest BCUT2D eigenvalue weighted by Crippen LogP contribution is 2.14. The maximum atomic E-state index is 11.9. The van der Waals surface area contributed by atoms with E-state index in [4.69, 9.17) is 0 Å². The monoisotopic (exact) mass is 220 g/mol. The highest BCUT2D eigenvalue weighted by Gasteiger charge is 2.15. The quantitative estimate of drug-likeness (QED) is 0.823. The maximum Gasteiger partial charge on any atom is 0.226 e. The highest BCUT2D eigenvalue weighted by atomic mass is 16.2. The topological polar surface area (TPSA) is 32.3 Å². The molecule has 1 rings (SSSR count). The molecule has 88 valence electrons. The van der Waals surface area contributed by atoms with Gasteiger partial charge in [0.2, 0.25) is 5.91 Å². The SMILES string of the molecule is CCC(=O)N(CC(C)NC)c1ccccc1. The number of anilines is 1. The Labute approximate surface area is 97.5 Å². The van der Waals surface area contributed by atoms with Gasteiger partial charge < -0.3 is 10.2 Å². The fourth-order valence-electron chi connectivity index (χ4n) is 1.52. The van der Waals surface area contributed by atoms with Crippen molar-refractivity contribution in [3.8, 4) is 0 Å².